The number of carbonyl (C=O) groups excluding carboxylic acids is 1. The quantitative estimate of drug-likeness (QED) is 0.715. The first-order valence-corrected chi connectivity index (χ1v) is 11.5. The molecule has 0 radical (unpaired) electrons. The van der Waals surface area contributed by atoms with Gasteiger partial charge in [0, 0.05) is 51.9 Å². The molecule has 1 amide bonds. The molecule has 2 saturated heterocycles. The topological polar surface area (TPSA) is 79.7 Å². The monoisotopic (exact) mass is 459 g/mol. The van der Waals surface area contributed by atoms with Gasteiger partial charge in [-0.05, 0) is 49.4 Å². The van der Waals surface area contributed by atoms with Crippen LogP contribution in [0.5, 0.6) is 0 Å². The first-order valence-electron chi connectivity index (χ1n) is 11.1. The summed E-state index contributed by atoms with van der Waals surface area (Å²) >= 11 is 6.36. The Balaban J connectivity index is 1.44. The average molecular weight is 460 g/mol. The lowest BCUT2D eigenvalue weighted by atomic mass is 10.0. The number of likely N-dealkylation sites (tertiary alicyclic amines) is 1. The van der Waals surface area contributed by atoms with Crippen LogP contribution in [-0.2, 0) is 9.53 Å². The summed E-state index contributed by atoms with van der Waals surface area (Å²) in [6, 6.07) is 7.74. The van der Waals surface area contributed by atoms with E-state index in [9.17, 15) is 9.59 Å². The van der Waals surface area contributed by atoms with Gasteiger partial charge in [-0.15, -0.1) is 0 Å². The maximum absolute atomic E-state index is 12.8. The second-order valence-corrected chi connectivity index (χ2v) is 9.02. The smallest absolute Gasteiger partial charge is 0.292 e. The van der Waals surface area contributed by atoms with Crippen molar-refractivity contribution in [1.82, 2.24) is 14.7 Å². The molecule has 4 rings (SSSR count). The standard InChI is InChI=1S/C23H30ClN5O3/c1-27-10-9-19(12-21(27)30)28(2)17-5-7-18(8-6-17)29-23(31)22(24)20(14-26-29)25-13-16-4-3-11-32-15-16/h5-8,14,16,19,25H,3-4,9-13,15H2,1-2H3. The summed E-state index contributed by atoms with van der Waals surface area (Å²) in [7, 11) is 3.84. The summed E-state index contributed by atoms with van der Waals surface area (Å²) in [5, 5.41) is 7.69. The molecule has 9 heteroatoms. The van der Waals surface area contributed by atoms with Gasteiger partial charge in [0.25, 0.3) is 5.56 Å². The fourth-order valence-corrected chi connectivity index (χ4v) is 4.46. The molecule has 0 spiro atoms. The summed E-state index contributed by atoms with van der Waals surface area (Å²) < 4.78 is 6.81. The number of carbonyl (C=O) groups is 1. The summed E-state index contributed by atoms with van der Waals surface area (Å²) in [6.07, 6.45) is 5.18. The third kappa shape index (κ3) is 4.91. The molecule has 2 unspecified atom stereocenters. The van der Waals surface area contributed by atoms with Gasteiger partial charge in [-0.25, -0.2) is 0 Å². The lowest BCUT2D eigenvalue weighted by Crippen LogP contribution is -2.45. The number of hydrogen-bond donors (Lipinski definition) is 1. The van der Waals surface area contributed by atoms with Crippen LogP contribution >= 0.6 is 11.6 Å². The molecular formula is C23H30ClN5O3. The molecule has 0 saturated carbocycles. The van der Waals surface area contributed by atoms with Gasteiger partial charge in [-0.1, -0.05) is 11.6 Å². The van der Waals surface area contributed by atoms with Crippen molar-refractivity contribution in [2.45, 2.75) is 31.7 Å². The second kappa shape index (κ2) is 9.92. The van der Waals surface area contributed by atoms with E-state index in [0.29, 0.717) is 30.3 Å². The molecule has 2 fully saturated rings. The zero-order chi connectivity index (χ0) is 22.7. The van der Waals surface area contributed by atoms with Crippen molar-refractivity contribution in [3.05, 3.63) is 45.8 Å². The van der Waals surface area contributed by atoms with Gasteiger partial charge in [0.15, 0.2) is 0 Å². The Hall–Kier alpha value is -2.58. The number of anilines is 2. The molecule has 2 aromatic rings. The van der Waals surface area contributed by atoms with Crippen molar-refractivity contribution in [2.75, 3.05) is 50.6 Å². The number of rotatable bonds is 6. The summed E-state index contributed by atoms with van der Waals surface area (Å²) in [4.78, 5) is 28.8. The molecule has 0 bridgehead atoms. The van der Waals surface area contributed by atoms with Gasteiger partial charge < -0.3 is 19.9 Å². The average Bonchev–Trinajstić information content (AvgIpc) is 2.82. The van der Waals surface area contributed by atoms with E-state index in [-0.39, 0.29) is 22.5 Å². The van der Waals surface area contributed by atoms with Crippen molar-refractivity contribution >= 4 is 28.9 Å². The molecule has 1 N–H and O–H groups in total. The van der Waals surface area contributed by atoms with Crippen molar-refractivity contribution in [2.24, 2.45) is 5.92 Å². The zero-order valence-electron chi connectivity index (χ0n) is 18.6. The minimum Gasteiger partial charge on any atom is -0.382 e. The van der Waals surface area contributed by atoms with Crippen LogP contribution in [0.2, 0.25) is 5.02 Å². The molecule has 1 aromatic carbocycles. The van der Waals surface area contributed by atoms with Crippen LogP contribution < -0.4 is 15.8 Å². The van der Waals surface area contributed by atoms with E-state index >= 15 is 0 Å². The predicted molar refractivity (Wildman–Crippen MR) is 126 cm³/mol. The Morgan fingerprint density at radius 1 is 1.25 bits per heavy atom. The number of nitrogens with one attached hydrogen (secondary N) is 1. The molecule has 0 aliphatic carbocycles. The normalized spacial score (nSPS) is 21.5. The van der Waals surface area contributed by atoms with E-state index in [4.69, 9.17) is 16.3 Å². The number of nitrogens with zero attached hydrogens (tertiary/aromatic N) is 4. The molecule has 2 aliphatic rings. The molecular weight excluding hydrogens is 430 g/mol. The van der Waals surface area contributed by atoms with E-state index in [0.717, 1.165) is 44.7 Å². The first kappa shape index (κ1) is 22.6. The van der Waals surface area contributed by atoms with Crippen LogP contribution in [0.15, 0.2) is 35.3 Å². The molecule has 2 aliphatic heterocycles. The number of ether oxygens (including phenoxy) is 1. The van der Waals surface area contributed by atoms with Gasteiger partial charge in [0.2, 0.25) is 5.91 Å². The van der Waals surface area contributed by atoms with Gasteiger partial charge >= 0.3 is 0 Å². The van der Waals surface area contributed by atoms with Crippen LogP contribution in [0.1, 0.15) is 25.7 Å². The number of halogens is 1. The molecule has 32 heavy (non-hydrogen) atoms. The van der Waals surface area contributed by atoms with Gasteiger partial charge in [0.1, 0.15) is 5.02 Å². The summed E-state index contributed by atoms with van der Waals surface area (Å²) in [5.74, 6) is 0.575. The molecule has 2 atom stereocenters. The third-order valence-corrected chi connectivity index (χ3v) is 6.80. The first-order chi connectivity index (χ1) is 15.4. The van der Waals surface area contributed by atoms with Crippen LogP contribution in [-0.4, -0.2) is 67.0 Å². The predicted octanol–water partition coefficient (Wildman–Crippen LogP) is 2.78. The van der Waals surface area contributed by atoms with E-state index in [1.54, 1.807) is 11.1 Å². The SMILES string of the molecule is CN1CCC(N(C)c2ccc(-n3ncc(NCC4CCCOC4)c(Cl)c3=O)cc2)CC1=O. The van der Waals surface area contributed by atoms with E-state index in [2.05, 4.69) is 15.3 Å². The Labute approximate surface area is 193 Å². The highest BCUT2D eigenvalue weighted by Crippen LogP contribution is 2.24. The Bertz CT molecular complexity index is 1000. The molecule has 1 aromatic heterocycles. The highest BCUT2D eigenvalue weighted by Gasteiger charge is 2.26. The minimum absolute atomic E-state index is 0.128. The van der Waals surface area contributed by atoms with Crippen molar-refractivity contribution in [3.63, 3.8) is 0 Å². The number of benzene rings is 1. The largest absolute Gasteiger partial charge is 0.382 e. The van der Waals surface area contributed by atoms with Crippen LogP contribution in [0.4, 0.5) is 11.4 Å². The van der Waals surface area contributed by atoms with E-state index < -0.39 is 0 Å². The van der Waals surface area contributed by atoms with E-state index in [1.807, 2.05) is 38.4 Å². The lowest BCUT2D eigenvalue weighted by Gasteiger charge is -2.36. The number of aromatic nitrogens is 2. The van der Waals surface area contributed by atoms with Gasteiger partial charge in [-0.2, -0.15) is 9.78 Å². The van der Waals surface area contributed by atoms with Gasteiger partial charge in [-0.3, -0.25) is 9.59 Å². The molecule has 8 nitrogen and oxygen atoms in total. The fraction of sp³-hybridized carbons (Fsp3) is 0.522. The summed E-state index contributed by atoms with van der Waals surface area (Å²) in [6.45, 7) is 3.00. The second-order valence-electron chi connectivity index (χ2n) is 8.64. The van der Waals surface area contributed by atoms with Crippen molar-refractivity contribution in [3.8, 4) is 5.69 Å². The lowest BCUT2D eigenvalue weighted by molar-refractivity contribution is -0.132. The molecule has 172 valence electrons. The Morgan fingerprint density at radius 3 is 2.72 bits per heavy atom. The van der Waals surface area contributed by atoms with Gasteiger partial charge in [0.05, 0.1) is 24.2 Å². The fourth-order valence-electron chi connectivity index (χ4n) is 4.26. The highest BCUT2D eigenvalue weighted by molar-refractivity contribution is 6.32. The Kier molecular flexibility index (Phi) is 7.01. The third-order valence-electron chi connectivity index (χ3n) is 6.44. The van der Waals surface area contributed by atoms with Crippen LogP contribution in [0.25, 0.3) is 5.69 Å². The van der Waals surface area contributed by atoms with Crippen molar-refractivity contribution < 1.29 is 9.53 Å². The Morgan fingerprint density at radius 2 is 2.03 bits per heavy atom. The summed E-state index contributed by atoms with van der Waals surface area (Å²) in [5.41, 5.74) is 1.81. The van der Waals surface area contributed by atoms with Crippen LogP contribution in [0, 0.1) is 5.92 Å². The maximum atomic E-state index is 12.8. The minimum atomic E-state index is -0.362. The molecule has 3 heterocycles. The van der Waals surface area contributed by atoms with Crippen LogP contribution in [0.3, 0.4) is 0 Å². The van der Waals surface area contributed by atoms with E-state index in [1.165, 1.54) is 4.68 Å². The van der Waals surface area contributed by atoms with Crippen molar-refractivity contribution in [1.29, 1.82) is 0 Å². The zero-order valence-corrected chi connectivity index (χ0v) is 19.3. The highest BCUT2D eigenvalue weighted by atomic mass is 35.5. The number of hydrogen-bond acceptors (Lipinski definition) is 6. The maximum Gasteiger partial charge on any atom is 0.292 e. The number of piperidine rings is 1. The number of amides is 1.